The first-order valence-corrected chi connectivity index (χ1v) is 8.22. The zero-order valence-electron chi connectivity index (χ0n) is 14.3. The van der Waals surface area contributed by atoms with Crippen LogP contribution in [0.1, 0.15) is 45.8 Å². The number of fused-ring (bicyclic) bond motifs is 1. The summed E-state index contributed by atoms with van der Waals surface area (Å²) in [5.74, 6) is -1.63. The van der Waals surface area contributed by atoms with Gasteiger partial charge in [0.05, 0.1) is 5.52 Å². The molecule has 0 atom stereocenters. The average Bonchev–Trinajstić information content (AvgIpc) is 3.39. The molecule has 1 aliphatic rings. The second-order valence-corrected chi connectivity index (χ2v) is 6.38. The van der Waals surface area contributed by atoms with E-state index in [4.69, 9.17) is 5.73 Å². The van der Waals surface area contributed by atoms with Gasteiger partial charge in [0.25, 0.3) is 5.56 Å². The maximum absolute atomic E-state index is 13.4. The molecule has 3 N–H and O–H groups in total. The quantitative estimate of drug-likeness (QED) is 0.805. The second-order valence-electron chi connectivity index (χ2n) is 6.38. The highest BCUT2D eigenvalue weighted by atomic mass is 19.1. The molecule has 0 radical (unpaired) electrons. The molecule has 2 aromatic rings. The minimum Gasteiger partial charge on any atom is -0.477 e. The number of carboxylic acids is 1. The number of nitrogens with zero attached hydrogens (tertiary/aromatic N) is 1. The lowest BCUT2D eigenvalue weighted by Gasteiger charge is -2.15. The third-order valence-corrected chi connectivity index (χ3v) is 4.56. The van der Waals surface area contributed by atoms with Gasteiger partial charge in [-0.05, 0) is 78.4 Å². The molecule has 0 saturated heterocycles. The lowest BCUT2D eigenvalue weighted by molar-refractivity contribution is 0.0694. The number of rotatable bonds is 5. The second kappa shape index (κ2) is 6.63. The van der Waals surface area contributed by atoms with Crippen molar-refractivity contribution in [2.24, 2.45) is 5.73 Å². The van der Waals surface area contributed by atoms with Crippen LogP contribution in [0.4, 0.5) is 4.39 Å². The van der Waals surface area contributed by atoms with Gasteiger partial charge in [0, 0.05) is 6.20 Å². The van der Waals surface area contributed by atoms with Crippen molar-refractivity contribution in [3.05, 3.63) is 81.7 Å². The van der Waals surface area contributed by atoms with Crippen LogP contribution in [0.5, 0.6) is 0 Å². The molecular weight excluding hydrogens is 335 g/mol. The number of hydrogen-bond donors (Lipinski definition) is 2. The van der Waals surface area contributed by atoms with E-state index in [0.717, 1.165) is 24.0 Å². The van der Waals surface area contributed by atoms with Gasteiger partial charge in [-0.1, -0.05) is 6.58 Å². The molecule has 0 aromatic carbocycles. The van der Waals surface area contributed by atoms with Crippen molar-refractivity contribution in [3.63, 3.8) is 0 Å². The molecule has 6 heteroatoms. The molecule has 1 saturated carbocycles. The van der Waals surface area contributed by atoms with Crippen molar-refractivity contribution in [2.45, 2.75) is 25.7 Å². The number of pyridine rings is 2. The molecular formula is C20H19FN2O3. The lowest BCUT2D eigenvalue weighted by Crippen LogP contribution is -2.23. The summed E-state index contributed by atoms with van der Waals surface area (Å²) in [5, 5.41) is 9.34. The van der Waals surface area contributed by atoms with Crippen LogP contribution in [0.3, 0.4) is 0 Å². The molecule has 0 spiro atoms. The Morgan fingerprint density at radius 2 is 2.12 bits per heavy atom. The molecule has 1 aliphatic carbocycles. The van der Waals surface area contributed by atoms with Crippen LogP contribution >= 0.6 is 0 Å². The Morgan fingerprint density at radius 1 is 1.42 bits per heavy atom. The van der Waals surface area contributed by atoms with Crippen molar-refractivity contribution >= 4 is 17.1 Å². The summed E-state index contributed by atoms with van der Waals surface area (Å²) in [6.45, 7) is 5.09. The fourth-order valence-electron chi connectivity index (χ4n) is 3.26. The Kier molecular flexibility index (Phi) is 4.50. The van der Waals surface area contributed by atoms with Crippen LogP contribution in [-0.2, 0) is 0 Å². The van der Waals surface area contributed by atoms with Gasteiger partial charge in [-0.15, -0.1) is 0 Å². The first-order chi connectivity index (χ1) is 12.3. The number of carbonyl (C=O) groups is 1. The Bertz CT molecular complexity index is 1040. The zero-order valence-corrected chi connectivity index (χ0v) is 14.3. The number of aryl methyl sites for hydroxylation is 1. The van der Waals surface area contributed by atoms with Gasteiger partial charge in [-0.25, -0.2) is 9.18 Å². The predicted molar refractivity (Wildman–Crippen MR) is 98.9 cm³/mol. The first kappa shape index (κ1) is 17.7. The Balaban J connectivity index is 2.38. The summed E-state index contributed by atoms with van der Waals surface area (Å²) >= 11 is 0. The number of carboxylic acid groups (broad SMARTS) is 1. The topological polar surface area (TPSA) is 84.8 Å². The van der Waals surface area contributed by atoms with E-state index in [9.17, 15) is 19.1 Å². The fourth-order valence-corrected chi connectivity index (χ4v) is 3.26. The van der Waals surface area contributed by atoms with Crippen molar-refractivity contribution in [2.75, 3.05) is 0 Å². The molecule has 1 fully saturated rings. The molecule has 2 aromatic heterocycles. The molecule has 3 rings (SSSR count). The van der Waals surface area contributed by atoms with Crippen LogP contribution in [0.25, 0.3) is 11.1 Å². The standard InChI is InChI=1S/C20H19FN2O3/c1-11(21)9-14(5-7-22)15-6-8-23-18(12(15)2)16(13-3-4-13)10-17(19(23)24)20(25)26/h5-10,13H,1,3-4,22H2,2H3,(H,25,26)/b7-5-,14-9+. The van der Waals surface area contributed by atoms with Crippen molar-refractivity contribution in [3.8, 4) is 0 Å². The number of aromatic nitrogens is 1. The van der Waals surface area contributed by atoms with Gasteiger partial charge in [-0.2, -0.15) is 0 Å². The number of allylic oxidation sites excluding steroid dienone is 4. The van der Waals surface area contributed by atoms with E-state index >= 15 is 0 Å². The van der Waals surface area contributed by atoms with E-state index in [1.807, 2.05) is 6.92 Å². The van der Waals surface area contributed by atoms with E-state index in [0.29, 0.717) is 16.7 Å². The molecule has 5 nitrogen and oxygen atoms in total. The van der Waals surface area contributed by atoms with Crippen molar-refractivity contribution < 1.29 is 14.3 Å². The van der Waals surface area contributed by atoms with Gasteiger partial charge in [0.1, 0.15) is 11.4 Å². The van der Waals surface area contributed by atoms with Gasteiger partial charge in [0.2, 0.25) is 0 Å². The lowest BCUT2D eigenvalue weighted by atomic mass is 9.96. The van der Waals surface area contributed by atoms with Gasteiger partial charge in [0.15, 0.2) is 0 Å². The normalized spacial score (nSPS) is 14.9. The van der Waals surface area contributed by atoms with Crippen LogP contribution in [-0.4, -0.2) is 15.5 Å². The number of nitrogens with two attached hydrogens (primary N) is 1. The molecule has 0 unspecified atom stereocenters. The maximum Gasteiger partial charge on any atom is 0.341 e. The highest BCUT2D eigenvalue weighted by molar-refractivity contribution is 5.89. The van der Waals surface area contributed by atoms with E-state index in [-0.39, 0.29) is 11.5 Å². The Hall–Kier alpha value is -3.15. The molecule has 2 heterocycles. The van der Waals surface area contributed by atoms with Crippen LogP contribution in [0, 0.1) is 6.92 Å². The largest absolute Gasteiger partial charge is 0.477 e. The van der Waals surface area contributed by atoms with Crippen molar-refractivity contribution in [1.29, 1.82) is 0 Å². The molecule has 0 aliphatic heterocycles. The summed E-state index contributed by atoms with van der Waals surface area (Å²) in [7, 11) is 0. The van der Waals surface area contributed by atoms with E-state index in [1.165, 1.54) is 28.9 Å². The highest BCUT2D eigenvalue weighted by Gasteiger charge is 2.29. The number of halogens is 1. The monoisotopic (exact) mass is 354 g/mol. The third-order valence-electron chi connectivity index (χ3n) is 4.56. The molecule has 0 amide bonds. The minimum absolute atomic E-state index is 0.228. The van der Waals surface area contributed by atoms with Crippen LogP contribution in [0.15, 0.2) is 53.9 Å². The first-order valence-electron chi connectivity index (χ1n) is 8.22. The van der Waals surface area contributed by atoms with E-state index in [2.05, 4.69) is 6.58 Å². The molecule has 134 valence electrons. The number of aromatic carboxylic acids is 1. The van der Waals surface area contributed by atoms with E-state index < -0.39 is 17.4 Å². The van der Waals surface area contributed by atoms with Gasteiger partial charge >= 0.3 is 5.97 Å². The predicted octanol–water partition coefficient (Wildman–Crippen LogP) is 3.52. The Labute approximate surface area is 149 Å². The van der Waals surface area contributed by atoms with Crippen LogP contribution < -0.4 is 11.3 Å². The van der Waals surface area contributed by atoms with E-state index in [1.54, 1.807) is 12.1 Å². The van der Waals surface area contributed by atoms with Crippen LogP contribution in [0.2, 0.25) is 0 Å². The maximum atomic E-state index is 13.4. The summed E-state index contributed by atoms with van der Waals surface area (Å²) in [5.41, 5.74) is 8.13. The van der Waals surface area contributed by atoms with Gasteiger partial charge in [-0.3, -0.25) is 9.20 Å². The summed E-state index contributed by atoms with van der Waals surface area (Å²) in [4.78, 5) is 24.0. The van der Waals surface area contributed by atoms with Gasteiger partial charge < -0.3 is 10.8 Å². The van der Waals surface area contributed by atoms with Crippen molar-refractivity contribution in [1.82, 2.24) is 4.40 Å². The molecule has 26 heavy (non-hydrogen) atoms. The summed E-state index contributed by atoms with van der Waals surface area (Å²) < 4.78 is 14.7. The Morgan fingerprint density at radius 3 is 2.65 bits per heavy atom. The smallest absolute Gasteiger partial charge is 0.341 e. The summed E-state index contributed by atoms with van der Waals surface area (Å²) in [6, 6.07) is 3.13. The summed E-state index contributed by atoms with van der Waals surface area (Å²) in [6.07, 6.45) is 7.55. The number of hydrogen-bond acceptors (Lipinski definition) is 3. The molecule has 0 bridgehead atoms. The third kappa shape index (κ3) is 3.06. The zero-order chi connectivity index (χ0) is 19.0. The minimum atomic E-state index is -1.24. The SMILES string of the molecule is C=C(F)/C=C(\C=C/N)c1ccn2c(=O)c(C(=O)O)cc(C3CC3)c2c1C. The average molecular weight is 354 g/mol. The highest BCUT2D eigenvalue weighted by Crippen LogP contribution is 2.43. The fraction of sp³-hybridized carbons (Fsp3) is 0.200.